The van der Waals surface area contributed by atoms with Crippen LogP contribution in [0.3, 0.4) is 0 Å². The number of amides is 2. The molecule has 0 aliphatic carbocycles. The quantitative estimate of drug-likeness (QED) is 0.868. The number of carbonyl (C=O) groups excluding carboxylic acids is 2. The lowest BCUT2D eigenvalue weighted by molar-refractivity contribution is -0.132. The number of benzene rings is 2. The third kappa shape index (κ3) is 3.48. The number of carbonyl (C=O) groups is 2. The summed E-state index contributed by atoms with van der Waals surface area (Å²) in [5, 5.41) is 3.12. The molecule has 29 heavy (non-hydrogen) atoms. The molecule has 2 aliphatic heterocycles. The number of anilines is 1. The number of likely N-dealkylation sites (tertiary alicyclic amines) is 1. The number of rotatable bonds is 3. The summed E-state index contributed by atoms with van der Waals surface area (Å²) >= 11 is 0. The van der Waals surface area contributed by atoms with E-state index in [0.29, 0.717) is 44.5 Å². The average molecular weight is 395 g/mol. The molecule has 152 valence electrons. The number of hydrogen-bond donors (Lipinski definition) is 1. The van der Waals surface area contributed by atoms with Gasteiger partial charge in [-0.05, 0) is 43.2 Å². The van der Waals surface area contributed by atoms with Crippen molar-refractivity contribution in [2.24, 2.45) is 0 Å². The van der Waals surface area contributed by atoms with Gasteiger partial charge in [0.15, 0.2) is 0 Å². The van der Waals surface area contributed by atoms with Crippen molar-refractivity contribution in [3.8, 4) is 0 Å². The maximum Gasteiger partial charge on any atom is 0.255 e. The highest BCUT2D eigenvalue weighted by atomic mass is 19.1. The second-order valence-corrected chi connectivity index (χ2v) is 7.88. The van der Waals surface area contributed by atoms with Gasteiger partial charge < -0.3 is 15.1 Å². The minimum atomic E-state index is -0.532. The van der Waals surface area contributed by atoms with Crippen LogP contribution in [0.25, 0.3) is 0 Å². The number of nitrogens with one attached hydrogen (secondary N) is 1. The van der Waals surface area contributed by atoms with E-state index in [0.717, 1.165) is 16.8 Å². The molecule has 0 aromatic heterocycles. The fraction of sp³-hybridized carbons (Fsp3) is 0.391. The van der Waals surface area contributed by atoms with Crippen molar-refractivity contribution in [3.05, 3.63) is 65.0 Å². The van der Waals surface area contributed by atoms with Crippen LogP contribution in [-0.2, 0) is 11.2 Å². The summed E-state index contributed by atoms with van der Waals surface area (Å²) in [5.74, 6) is -0.548. The molecule has 6 heteroatoms. The van der Waals surface area contributed by atoms with Crippen molar-refractivity contribution in [3.63, 3.8) is 0 Å². The standard InChI is InChI=1S/C23H26FN3O2/c1-3-27-20-9-8-18(24)15-19(20)22(29)25-23(27)10-12-26(13-11-23)21(28)14-17-7-5-4-6-16(17)2/h4-9,15H,3,10-14H2,1-2H3,(H,25,29). The van der Waals surface area contributed by atoms with Gasteiger partial charge in [0.2, 0.25) is 5.91 Å². The zero-order valence-electron chi connectivity index (χ0n) is 16.9. The van der Waals surface area contributed by atoms with Crippen LogP contribution in [0.1, 0.15) is 41.3 Å². The minimum absolute atomic E-state index is 0.113. The summed E-state index contributed by atoms with van der Waals surface area (Å²) in [5.41, 5.74) is 2.77. The molecule has 0 unspecified atom stereocenters. The fourth-order valence-corrected chi connectivity index (χ4v) is 4.58. The monoisotopic (exact) mass is 395 g/mol. The lowest BCUT2D eigenvalue weighted by atomic mass is 9.89. The third-order valence-corrected chi connectivity index (χ3v) is 6.22. The smallest absolute Gasteiger partial charge is 0.255 e. The largest absolute Gasteiger partial charge is 0.348 e. The molecule has 2 amide bonds. The Balaban J connectivity index is 1.50. The Kier molecular flexibility index (Phi) is 5.03. The van der Waals surface area contributed by atoms with Crippen molar-refractivity contribution in [2.75, 3.05) is 24.5 Å². The van der Waals surface area contributed by atoms with Crippen LogP contribution in [0, 0.1) is 12.7 Å². The van der Waals surface area contributed by atoms with Gasteiger partial charge in [-0.1, -0.05) is 24.3 Å². The van der Waals surface area contributed by atoms with Gasteiger partial charge in [0, 0.05) is 32.5 Å². The molecule has 0 saturated carbocycles. The molecule has 2 heterocycles. The molecule has 1 saturated heterocycles. The summed E-state index contributed by atoms with van der Waals surface area (Å²) in [7, 11) is 0. The Morgan fingerprint density at radius 3 is 2.59 bits per heavy atom. The minimum Gasteiger partial charge on any atom is -0.348 e. The van der Waals surface area contributed by atoms with Gasteiger partial charge in [0.25, 0.3) is 5.91 Å². The Labute approximate surface area is 170 Å². The predicted octanol–water partition coefficient (Wildman–Crippen LogP) is 3.27. The topological polar surface area (TPSA) is 52.7 Å². The summed E-state index contributed by atoms with van der Waals surface area (Å²) < 4.78 is 13.6. The van der Waals surface area contributed by atoms with Crippen LogP contribution in [0.4, 0.5) is 10.1 Å². The zero-order chi connectivity index (χ0) is 20.6. The van der Waals surface area contributed by atoms with Gasteiger partial charge in [-0.2, -0.15) is 0 Å². The molecule has 4 rings (SSSR count). The van der Waals surface area contributed by atoms with E-state index in [9.17, 15) is 14.0 Å². The number of halogens is 1. The molecule has 2 aromatic rings. The van der Waals surface area contributed by atoms with E-state index in [4.69, 9.17) is 0 Å². The van der Waals surface area contributed by atoms with Crippen LogP contribution in [0.5, 0.6) is 0 Å². The van der Waals surface area contributed by atoms with Gasteiger partial charge in [-0.15, -0.1) is 0 Å². The summed E-state index contributed by atoms with van der Waals surface area (Å²) in [4.78, 5) is 29.5. The van der Waals surface area contributed by atoms with Crippen molar-refractivity contribution in [2.45, 2.75) is 38.8 Å². The maximum atomic E-state index is 13.6. The molecule has 1 spiro atoms. The second-order valence-electron chi connectivity index (χ2n) is 7.88. The number of nitrogens with zero attached hydrogens (tertiary/aromatic N) is 2. The van der Waals surface area contributed by atoms with Crippen molar-refractivity contribution in [1.29, 1.82) is 0 Å². The number of piperidine rings is 1. The maximum absolute atomic E-state index is 13.6. The molecule has 2 aromatic carbocycles. The Hall–Kier alpha value is -2.89. The first-order chi connectivity index (χ1) is 13.9. The Morgan fingerprint density at radius 1 is 1.17 bits per heavy atom. The first kappa shape index (κ1) is 19.4. The summed E-state index contributed by atoms with van der Waals surface area (Å²) in [6, 6.07) is 12.3. The van der Waals surface area contributed by atoms with Gasteiger partial charge >= 0.3 is 0 Å². The molecule has 5 nitrogen and oxygen atoms in total. The molecular weight excluding hydrogens is 369 g/mol. The zero-order valence-corrected chi connectivity index (χ0v) is 16.9. The van der Waals surface area contributed by atoms with Crippen molar-refractivity contribution >= 4 is 17.5 Å². The molecule has 0 bridgehead atoms. The van der Waals surface area contributed by atoms with Crippen molar-refractivity contribution in [1.82, 2.24) is 10.2 Å². The summed E-state index contributed by atoms with van der Waals surface area (Å²) in [6.45, 7) is 5.90. The number of fused-ring (bicyclic) bond motifs is 1. The lowest BCUT2D eigenvalue weighted by Gasteiger charge is -2.52. The van der Waals surface area contributed by atoms with Crippen molar-refractivity contribution < 1.29 is 14.0 Å². The second kappa shape index (κ2) is 7.50. The average Bonchev–Trinajstić information content (AvgIpc) is 2.71. The highest BCUT2D eigenvalue weighted by molar-refractivity contribution is 6.02. The fourth-order valence-electron chi connectivity index (χ4n) is 4.58. The summed E-state index contributed by atoms with van der Waals surface area (Å²) in [6.07, 6.45) is 1.68. The highest BCUT2D eigenvalue weighted by Crippen LogP contribution is 2.37. The molecule has 1 fully saturated rings. The van der Waals surface area contributed by atoms with E-state index in [1.807, 2.05) is 43.0 Å². The third-order valence-electron chi connectivity index (χ3n) is 6.22. The van der Waals surface area contributed by atoms with Crippen LogP contribution in [0.2, 0.25) is 0 Å². The van der Waals surface area contributed by atoms with Gasteiger partial charge in [0.05, 0.1) is 17.7 Å². The first-order valence-corrected chi connectivity index (χ1v) is 10.2. The van der Waals surface area contributed by atoms with E-state index in [2.05, 4.69) is 10.2 Å². The van der Waals surface area contributed by atoms with E-state index in [1.165, 1.54) is 12.1 Å². The van der Waals surface area contributed by atoms with Crippen LogP contribution in [0.15, 0.2) is 42.5 Å². The van der Waals surface area contributed by atoms with Crippen LogP contribution < -0.4 is 10.2 Å². The van der Waals surface area contributed by atoms with Gasteiger partial charge in [-0.25, -0.2) is 4.39 Å². The lowest BCUT2D eigenvalue weighted by Crippen LogP contribution is -2.68. The van der Waals surface area contributed by atoms with E-state index in [-0.39, 0.29) is 11.8 Å². The van der Waals surface area contributed by atoms with Crippen LogP contribution in [-0.4, -0.2) is 42.0 Å². The molecule has 1 N–H and O–H groups in total. The first-order valence-electron chi connectivity index (χ1n) is 10.2. The molecule has 0 radical (unpaired) electrons. The highest BCUT2D eigenvalue weighted by Gasteiger charge is 2.45. The molecule has 0 atom stereocenters. The number of aryl methyl sites for hydroxylation is 1. The predicted molar refractivity (Wildman–Crippen MR) is 110 cm³/mol. The molecule has 2 aliphatic rings. The van der Waals surface area contributed by atoms with Gasteiger partial charge in [-0.3, -0.25) is 9.59 Å². The van der Waals surface area contributed by atoms with E-state index >= 15 is 0 Å². The van der Waals surface area contributed by atoms with E-state index in [1.54, 1.807) is 6.07 Å². The SMILES string of the molecule is CCN1c2ccc(F)cc2C(=O)NC12CCN(C(=O)Cc1ccccc1C)CC2. The van der Waals surface area contributed by atoms with Gasteiger partial charge in [0.1, 0.15) is 11.5 Å². The van der Waals surface area contributed by atoms with Crippen LogP contribution >= 0.6 is 0 Å². The Morgan fingerprint density at radius 2 is 1.90 bits per heavy atom. The molecular formula is C23H26FN3O2. The Bertz CT molecular complexity index is 951. The number of hydrogen-bond acceptors (Lipinski definition) is 3. The normalized spacial score (nSPS) is 17.8. The van der Waals surface area contributed by atoms with E-state index < -0.39 is 11.5 Å².